The Balaban J connectivity index is 3.32. The van der Waals surface area contributed by atoms with Crippen LogP contribution in [0.1, 0.15) is 13.8 Å². The van der Waals surface area contributed by atoms with Gasteiger partial charge in [0.2, 0.25) is 0 Å². The average Bonchev–Trinajstić information content (AvgIpc) is 1.67. The van der Waals surface area contributed by atoms with Crippen molar-refractivity contribution in [1.29, 1.82) is 0 Å². The summed E-state index contributed by atoms with van der Waals surface area (Å²) in [5.41, 5.74) is 0. The van der Waals surface area contributed by atoms with E-state index in [1.165, 1.54) is 0 Å². The van der Waals surface area contributed by atoms with Gasteiger partial charge >= 0.3 is 0 Å². The minimum absolute atomic E-state index is 0.0556. The summed E-state index contributed by atoms with van der Waals surface area (Å²) in [6, 6.07) is 0. The molecule has 0 saturated carbocycles. The highest BCUT2D eigenvalue weighted by molar-refractivity contribution is 5.77. The SMILES string of the molecule is COCC(C)C(C)=O. The van der Waals surface area contributed by atoms with Crippen LogP contribution in [0.25, 0.3) is 0 Å². The van der Waals surface area contributed by atoms with Gasteiger partial charge in [-0.2, -0.15) is 0 Å². The zero-order valence-corrected chi connectivity index (χ0v) is 5.60. The van der Waals surface area contributed by atoms with Gasteiger partial charge < -0.3 is 4.74 Å². The van der Waals surface area contributed by atoms with Crippen LogP contribution in [0, 0.1) is 5.92 Å². The molecule has 2 heteroatoms. The van der Waals surface area contributed by atoms with E-state index in [2.05, 4.69) is 0 Å². The van der Waals surface area contributed by atoms with E-state index in [0.717, 1.165) is 0 Å². The van der Waals surface area contributed by atoms with E-state index in [0.29, 0.717) is 6.61 Å². The fraction of sp³-hybridized carbons (Fsp3) is 0.833. The Labute approximate surface area is 49.8 Å². The lowest BCUT2D eigenvalue weighted by Crippen LogP contribution is -2.11. The van der Waals surface area contributed by atoms with Crippen LogP contribution in [0.3, 0.4) is 0 Å². The third-order valence-electron chi connectivity index (χ3n) is 1.11. The number of carbonyl (C=O) groups is 1. The van der Waals surface area contributed by atoms with Crippen LogP contribution >= 0.6 is 0 Å². The van der Waals surface area contributed by atoms with E-state index in [9.17, 15) is 4.79 Å². The molecular formula is C6H12O2. The Bertz CT molecular complexity index is 78.6. The average molecular weight is 116 g/mol. The summed E-state index contributed by atoms with van der Waals surface area (Å²) in [4.78, 5) is 10.5. The number of Topliss-reactive ketones (excluding diaryl/α,β-unsaturated/α-hetero) is 1. The van der Waals surface area contributed by atoms with E-state index in [4.69, 9.17) is 4.74 Å². The van der Waals surface area contributed by atoms with Crippen LogP contribution in [0.15, 0.2) is 0 Å². The summed E-state index contributed by atoms with van der Waals surface area (Å²) >= 11 is 0. The molecular weight excluding hydrogens is 104 g/mol. The fourth-order valence-electron chi connectivity index (χ4n) is 0.367. The highest BCUT2D eigenvalue weighted by Gasteiger charge is 2.04. The van der Waals surface area contributed by atoms with Crippen LogP contribution in [-0.2, 0) is 9.53 Å². The molecule has 1 atom stereocenters. The third-order valence-corrected chi connectivity index (χ3v) is 1.11. The maximum atomic E-state index is 10.5. The summed E-state index contributed by atoms with van der Waals surface area (Å²) in [6.07, 6.45) is 0. The van der Waals surface area contributed by atoms with Crippen molar-refractivity contribution < 1.29 is 9.53 Å². The van der Waals surface area contributed by atoms with E-state index >= 15 is 0 Å². The fourth-order valence-corrected chi connectivity index (χ4v) is 0.367. The molecule has 0 bridgehead atoms. The predicted octanol–water partition coefficient (Wildman–Crippen LogP) is 0.858. The van der Waals surface area contributed by atoms with Gasteiger partial charge in [-0.25, -0.2) is 0 Å². The van der Waals surface area contributed by atoms with Gasteiger partial charge in [0.15, 0.2) is 0 Å². The zero-order chi connectivity index (χ0) is 6.57. The minimum Gasteiger partial charge on any atom is -0.384 e. The van der Waals surface area contributed by atoms with E-state index in [-0.39, 0.29) is 11.7 Å². The summed E-state index contributed by atoms with van der Waals surface area (Å²) < 4.78 is 4.74. The first-order chi connectivity index (χ1) is 3.68. The molecule has 0 aromatic heterocycles. The molecule has 0 aliphatic heterocycles. The van der Waals surface area contributed by atoms with Crippen molar-refractivity contribution in [2.45, 2.75) is 13.8 Å². The monoisotopic (exact) mass is 116 g/mol. The lowest BCUT2D eigenvalue weighted by Gasteiger charge is -2.02. The quantitative estimate of drug-likeness (QED) is 0.546. The summed E-state index contributed by atoms with van der Waals surface area (Å²) in [7, 11) is 1.60. The molecule has 0 saturated heterocycles. The Hall–Kier alpha value is -0.370. The number of methoxy groups -OCH3 is 1. The lowest BCUT2D eigenvalue weighted by atomic mass is 10.1. The van der Waals surface area contributed by atoms with Gasteiger partial charge in [0.1, 0.15) is 5.78 Å². The third kappa shape index (κ3) is 2.75. The summed E-state index contributed by atoms with van der Waals surface area (Å²) in [6.45, 7) is 3.96. The Morgan fingerprint density at radius 3 is 2.38 bits per heavy atom. The van der Waals surface area contributed by atoms with Crippen LogP contribution in [0.4, 0.5) is 0 Å². The highest BCUT2D eigenvalue weighted by Crippen LogP contribution is 1.94. The molecule has 0 aromatic carbocycles. The van der Waals surface area contributed by atoms with Crippen molar-refractivity contribution in [2.75, 3.05) is 13.7 Å². The van der Waals surface area contributed by atoms with Crippen molar-refractivity contribution in [2.24, 2.45) is 5.92 Å². The minimum atomic E-state index is 0.0556. The van der Waals surface area contributed by atoms with Crippen molar-refractivity contribution >= 4 is 5.78 Å². The molecule has 2 nitrogen and oxygen atoms in total. The lowest BCUT2D eigenvalue weighted by molar-refractivity contribution is -0.121. The smallest absolute Gasteiger partial charge is 0.134 e. The normalized spacial score (nSPS) is 13.4. The molecule has 8 heavy (non-hydrogen) atoms. The first-order valence-electron chi connectivity index (χ1n) is 2.68. The molecule has 0 radical (unpaired) electrons. The van der Waals surface area contributed by atoms with Gasteiger partial charge in [-0.1, -0.05) is 6.92 Å². The molecule has 0 aliphatic carbocycles. The molecule has 0 aromatic rings. The highest BCUT2D eigenvalue weighted by atomic mass is 16.5. The second-order valence-electron chi connectivity index (χ2n) is 1.97. The Morgan fingerprint density at radius 1 is 1.75 bits per heavy atom. The second kappa shape index (κ2) is 3.61. The molecule has 0 amide bonds. The second-order valence-corrected chi connectivity index (χ2v) is 1.97. The topological polar surface area (TPSA) is 26.3 Å². The van der Waals surface area contributed by atoms with E-state index in [1.54, 1.807) is 14.0 Å². The number of hydrogen-bond acceptors (Lipinski definition) is 2. The first-order valence-corrected chi connectivity index (χ1v) is 2.68. The van der Waals surface area contributed by atoms with Crippen molar-refractivity contribution in [3.63, 3.8) is 0 Å². The number of ketones is 1. The molecule has 0 fully saturated rings. The van der Waals surface area contributed by atoms with Crippen LogP contribution in [0.2, 0.25) is 0 Å². The molecule has 0 N–H and O–H groups in total. The Kier molecular flexibility index (Phi) is 3.44. The van der Waals surface area contributed by atoms with Gasteiger partial charge in [0.05, 0.1) is 6.61 Å². The van der Waals surface area contributed by atoms with Gasteiger partial charge in [-0.3, -0.25) is 4.79 Å². The number of carbonyl (C=O) groups excluding carboxylic acids is 1. The maximum absolute atomic E-state index is 10.5. The molecule has 0 rings (SSSR count). The molecule has 48 valence electrons. The van der Waals surface area contributed by atoms with Crippen LogP contribution < -0.4 is 0 Å². The first kappa shape index (κ1) is 7.63. The van der Waals surface area contributed by atoms with Gasteiger partial charge in [-0.05, 0) is 6.92 Å². The van der Waals surface area contributed by atoms with Crippen LogP contribution in [-0.4, -0.2) is 19.5 Å². The number of ether oxygens (including phenoxy) is 1. The zero-order valence-electron chi connectivity index (χ0n) is 5.60. The van der Waals surface area contributed by atoms with Gasteiger partial charge in [-0.15, -0.1) is 0 Å². The molecule has 0 heterocycles. The van der Waals surface area contributed by atoms with Gasteiger partial charge in [0.25, 0.3) is 0 Å². The largest absolute Gasteiger partial charge is 0.384 e. The number of hydrogen-bond donors (Lipinski definition) is 0. The molecule has 1 unspecified atom stereocenters. The van der Waals surface area contributed by atoms with Crippen molar-refractivity contribution in [1.82, 2.24) is 0 Å². The summed E-state index contributed by atoms with van der Waals surface area (Å²) in [5.74, 6) is 0.242. The van der Waals surface area contributed by atoms with Crippen LogP contribution in [0.5, 0.6) is 0 Å². The van der Waals surface area contributed by atoms with Crippen molar-refractivity contribution in [3.05, 3.63) is 0 Å². The Morgan fingerprint density at radius 2 is 2.25 bits per heavy atom. The van der Waals surface area contributed by atoms with Gasteiger partial charge in [0, 0.05) is 13.0 Å². The molecule has 0 aliphatic rings. The van der Waals surface area contributed by atoms with E-state index in [1.807, 2.05) is 6.92 Å². The standard InChI is InChI=1S/C6H12O2/c1-5(4-8-3)6(2)7/h5H,4H2,1-3H3. The van der Waals surface area contributed by atoms with Crippen molar-refractivity contribution in [3.8, 4) is 0 Å². The summed E-state index contributed by atoms with van der Waals surface area (Å²) in [5, 5.41) is 0. The number of rotatable bonds is 3. The maximum Gasteiger partial charge on any atom is 0.134 e. The predicted molar refractivity (Wildman–Crippen MR) is 31.7 cm³/mol. The molecule has 0 spiro atoms. The van der Waals surface area contributed by atoms with E-state index < -0.39 is 0 Å².